The number of hydrogen-bond acceptors (Lipinski definition) is 4. The van der Waals surface area contributed by atoms with E-state index in [1.165, 1.54) is 0 Å². The summed E-state index contributed by atoms with van der Waals surface area (Å²) in [7, 11) is 3.91. The molecular weight excluding hydrogens is 402 g/mol. The molecule has 0 unspecified atom stereocenters. The lowest BCUT2D eigenvalue weighted by molar-refractivity contribution is 0.0910. The lowest BCUT2D eigenvalue weighted by Crippen LogP contribution is -2.39. The fourth-order valence-corrected chi connectivity index (χ4v) is 3.43. The molecule has 1 amide bonds. The van der Waals surface area contributed by atoms with Gasteiger partial charge in [0, 0.05) is 22.7 Å². The largest absolute Gasteiger partial charge is 0.490 e. The highest BCUT2D eigenvalue weighted by atomic mass is 16.5. The van der Waals surface area contributed by atoms with Crippen molar-refractivity contribution < 1.29 is 14.6 Å². The van der Waals surface area contributed by atoms with E-state index in [0.29, 0.717) is 24.3 Å². The van der Waals surface area contributed by atoms with Gasteiger partial charge in [0.1, 0.15) is 5.75 Å². The third kappa shape index (κ3) is 6.13. The van der Waals surface area contributed by atoms with Crippen LogP contribution in [0.15, 0.2) is 48.7 Å². The maximum absolute atomic E-state index is 13.2. The lowest BCUT2D eigenvalue weighted by atomic mass is 10.0. The Morgan fingerprint density at radius 3 is 2.72 bits per heavy atom. The van der Waals surface area contributed by atoms with Crippen LogP contribution >= 0.6 is 0 Å². The number of carbonyl (C=O) groups is 1. The molecule has 0 radical (unpaired) electrons. The van der Waals surface area contributed by atoms with E-state index in [0.717, 1.165) is 22.0 Å². The van der Waals surface area contributed by atoms with Crippen molar-refractivity contribution in [2.75, 3.05) is 27.2 Å². The molecule has 0 saturated heterocycles. The highest BCUT2D eigenvalue weighted by Gasteiger charge is 2.19. The van der Waals surface area contributed by atoms with Crippen molar-refractivity contribution in [2.45, 2.75) is 32.4 Å². The van der Waals surface area contributed by atoms with E-state index in [1.807, 2.05) is 69.4 Å². The highest BCUT2D eigenvalue weighted by molar-refractivity contribution is 5.97. The molecule has 1 aromatic heterocycles. The maximum Gasteiger partial charge on any atom is 0.255 e. The van der Waals surface area contributed by atoms with Crippen molar-refractivity contribution in [3.05, 3.63) is 65.4 Å². The smallest absolute Gasteiger partial charge is 0.255 e. The van der Waals surface area contributed by atoms with E-state index in [4.69, 9.17) is 4.74 Å². The van der Waals surface area contributed by atoms with E-state index < -0.39 is 6.04 Å². The zero-order valence-corrected chi connectivity index (χ0v) is 19.1. The third-order valence-electron chi connectivity index (χ3n) is 4.91. The Balaban J connectivity index is 1.81. The van der Waals surface area contributed by atoms with Gasteiger partial charge >= 0.3 is 0 Å². The number of hydrogen-bond donors (Lipinski definition) is 3. The minimum atomic E-state index is -0.433. The zero-order valence-electron chi connectivity index (χ0n) is 19.1. The molecule has 0 fully saturated rings. The molecule has 3 aromatic rings. The summed E-state index contributed by atoms with van der Waals surface area (Å²) in [5, 5.41) is 14.0. The first-order chi connectivity index (χ1) is 15.4. The van der Waals surface area contributed by atoms with Gasteiger partial charge in [0.05, 0.1) is 30.9 Å². The molecule has 0 aliphatic heterocycles. The van der Waals surface area contributed by atoms with Crippen LogP contribution in [0.4, 0.5) is 0 Å². The number of para-hydroxylation sites is 1. The lowest BCUT2D eigenvalue weighted by Gasteiger charge is -2.19. The number of aromatic nitrogens is 1. The Labute approximate surface area is 189 Å². The van der Waals surface area contributed by atoms with Crippen LogP contribution in [0.1, 0.15) is 35.3 Å². The molecule has 6 heteroatoms. The fourth-order valence-electron chi connectivity index (χ4n) is 3.43. The van der Waals surface area contributed by atoms with Crippen LogP contribution < -0.4 is 10.1 Å². The molecule has 32 heavy (non-hydrogen) atoms. The highest BCUT2D eigenvalue weighted by Crippen LogP contribution is 2.23. The molecule has 3 N–H and O–H groups in total. The Hall–Kier alpha value is -3.27. The Morgan fingerprint density at radius 2 is 2.00 bits per heavy atom. The van der Waals surface area contributed by atoms with Crippen LogP contribution in [0.3, 0.4) is 0 Å². The van der Waals surface area contributed by atoms with Crippen molar-refractivity contribution >= 4 is 16.8 Å². The number of fused-ring (bicyclic) bond motifs is 1. The van der Waals surface area contributed by atoms with E-state index >= 15 is 0 Å². The molecule has 0 spiro atoms. The number of nitrogens with one attached hydrogen (secondary N) is 2. The number of nitrogens with zero attached hydrogens (tertiary/aromatic N) is 1. The number of amides is 1. The van der Waals surface area contributed by atoms with Crippen LogP contribution in [-0.2, 0) is 6.42 Å². The van der Waals surface area contributed by atoms with Crippen LogP contribution in [0.25, 0.3) is 10.9 Å². The first-order valence-electron chi connectivity index (χ1n) is 10.8. The Bertz CT molecular complexity index is 1120. The predicted octanol–water partition coefficient (Wildman–Crippen LogP) is 3.20. The molecule has 1 atom stereocenters. The second-order valence-corrected chi connectivity index (χ2v) is 8.33. The minimum Gasteiger partial charge on any atom is -0.490 e. The first-order valence-corrected chi connectivity index (χ1v) is 10.8. The van der Waals surface area contributed by atoms with Gasteiger partial charge in [-0.1, -0.05) is 30.0 Å². The van der Waals surface area contributed by atoms with E-state index in [9.17, 15) is 9.90 Å². The van der Waals surface area contributed by atoms with Gasteiger partial charge in [-0.3, -0.25) is 9.69 Å². The standard InChI is InChI=1S/C26H31N3O3/c1-18(2)32-25-12-11-19(8-7-13-29(3)4)14-23(25)26(31)28-21(17-30)15-20-16-27-24-10-6-5-9-22(20)24/h5-6,9-12,14,16,18,21,27,30H,13,15,17H2,1-4H3,(H,28,31)/t21-/m1/s1. The summed E-state index contributed by atoms with van der Waals surface area (Å²) in [6.45, 7) is 4.29. The summed E-state index contributed by atoms with van der Waals surface area (Å²) in [5.41, 5.74) is 3.22. The minimum absolute atomic E-state index is 0.0768. The van der Waals surface area contributed by atoms with Gasteiger partial charge in [-0.05, 0) is 64.2 Å². The van der Waals surface area contributed by atoms with Crippen LogP contribution in [-0.4, -0.2) is 60.3 Å². The summed E-state index contributed by atoms with van der Waals surface area (Å²) < 4.78 is 5.86. The number of rotatable bonds is 8. The van der Waals surface area contributed by atoms with Gasteiger partial charge < -0.3 is 20.1 Å². The van der Waals surface area contributed by atoms with Gasteiger partial charge in [0.2, 0.25) is 0 Å². The van der Waals surface area contributed by atoms with Crippen LogP contribution in [0, 0.1) is 11.8 Å². The van der Waals surface area contributed by atoms with Gasteiger partial charge in [-0.15, -0.1) is 0 Å². The summed E-state index contributed by atoms with van der Waals surface area (Å²) in [5.74, 6) is 6.38. The first kappa shape index (κ1) is 23.4. The molecule has 0 bridgehead atoms. The quantitative estimate of drug-likeness (QED) is 0.477. The summed E-state index contributed by atoms with van der Waals surface area (Å²) in [6.07, 6.45) is 2.36. The van der Waals surface area contributed by atoms with E-state index in [1.54, 1.807) is 12.1 Å². The van der Waals surface area contributed by atoms with Crippen molar-refractivity contribution in [2.24, 2.45) is 0 Å². The van der Waals surface area contributed by atoms with Gasteiger partial charge in [-0.25, -0.2) is 0 Å². The van der Waals surface area contributed by atoms with E-state index in [-0.39, 0.29) is 18.6 Å². The summed E-state index contributed by atoms with van der Waals surface area (Å²) in [4.78, 5) is 18.4. The van der Waals surface area contributed by atoms with Crippen molar-refractivity contribution in [3.8, 4) is 17.6 Å². The molecule has 0 saturated carbocycles. The number of benzene rings is 2. The molecule has 168 valence electrons. The third-order valence-corrected chi connectivity index (χ3v) is 4.91. The molecule has 2 aromatic carbocycles. The molecule has 6 nitrogen and oxygen atoms in total. The van der Waals surface area contributed by atoms with Gasteiger partial charge in [0.15, 0.2) is 0 Å². The summed E-state index contributed by atoms with van der Waals surface area (Å²) in [6, 6.07) is 12.9. The Kier molecular flexibility index (Phi) is 7.93. The van der Waals surface area contributed by atoms with Gasteiger partial charge in [-0.2, -0.15) is 0 Å². The second-order valence-electron chi connectivity index (χ2n) is 8.33. The predicted molar refractivity (Wildman–Crippen MR) is 128 cm³/mol. The number of carbonyl (C=O) groups excluding carboxylic acids is 1. The number of aromatic amines is 1. The molecule has 3 rings (SSSR count). The summed E-state index contributed by atoms with van der Waals surface area (Å²) >= 11 is 0. The average molecular weight is 434 g/mol. The topological polar surface area (TPSA) is 77.6 Å². The van der Waals surface area contributed by atoms with Gasteiger partial charge in [0.25, 0.3) is 5.91 Å². The molecule has 0 aliphatic carbocycles. The van der Waals surface area contributed by atoms with E-state index in [2.05, 4.69) is 22.1 Å². The molecule has 1 heterocycles. The number of H-pyrrole nitrogens is 1. The molecular formula is C26H31N3O3. The van der Waals surface area contributed by atoms with Crippen LogP contribution in [0.2, 0.25) is 0 Å². The number of aliphatic hydroxyl groups excluding tert-OH is 1. The average Bonchev–Trinajstić information content (AvgIpc) is 3.16. The number of aliphatic hydroxyl groups is 1. The van der Waals surface area contributed by atoms with Crippen molar-refractivity contribution in [3.63, 3.8) is 0 Å². The Morgan fingerprint density at radius 1 is 1.22 bits per heavy atom. The maximum atomic E-state index is 13.2. The second kappa shape index (κ2) is 10.9. The normalized spacial score (nSPS) is 12.0. The molecule has 0 aliphatic rings. The monoisotopic (exact) mass is 433 g/mol. The van der Waals surface area contributed by atoms with Crippen LogP contribution in [0.5, 0.6) is 5.75 Å². The van der Waals surface area contributed by atoms with Crippen molar-refractivity contribution in [1.29, 1.82) is 0 Å². The number of ether oxygens (including phenoxy) is 1. The fraction of sp³-hybridized carbons (Fsp3) is 0.346. The van der Waals surface area contributed by atoms with Crippen molar-refractivity contribution in [1.82, 2.24) is 15.2 Å². The zero-order chi connectivity index (χ0) is 23.1. The SMILES string of the molecule is CC(C)Oc1ccc(C#CCN(C)C)cc1C(=O)N[C@@H](CO)Cc1c[nH]c2ccccc12.